The number of nitrogens with zero attached hydrogens (tertiary/aromatic N) is 1. The molecule has 2 fully saturated rings. The third kappa shape index (κ3) is 5.94. The van der Waals surface area contributed by atoms with E-state index in [1.165, 1.54) is 12.1 Å². The normalized spacial score (nSPS) is 22.2. The molecule has 1 aliphatic carbocycles. The maximum Gasteiger partial charge on any atom is 0.260 e. The van der Waals surface area contributed by atoms with Gasteiger partial charge in [-0.15, -0.1) is 11.8 Å². The Morgan fingerprint density at radius 2 is 1.79 bits per heavy atom. The quantitative estimate of drug-likeness (QED) is 0.392. The van der Waals surface area contributed by atoms with Crippen LogP contribution in [-0.4, -0.2) is 35.1 Å². The summed E-state index contributed by atoms with van der Waals surface area (Å²) in [6.07, 6.45) is 4.15. The zero-order chi connectivity index (χ0) is 26.5. The number of halogens is 1. The molecular weight excluding hydrogens is 499 g/mol. The van der Waals surface area contributed by atoms with Crippen LogP contribution in [0.4, 0.5) is 4.39 Å². The molecule has 0 radical (unpaired) electrons. The molecule has 3 aromatic carbocycles. The predicted octanol–water partition coefficient (Wildman–Crippen LogP) is 5.80. The van der Waals surface area contributed by atoms with Gasteiger partial charge in [0.25, 0.3) is 5.91 Å². The molecule has 3 atom stereocenters. The average molecular weight is 531 g/mol. The van der Waals surface area contributed by atoms with Gasteiger partial charge in [0.15, 0.2) is 0 Å². The number of ether oxygens (including phenoxy) is 1. The highest BCUT2D eigenvalue weighted by Crippen LogP contribution is 2.44. The predicted molar refractivity (Wildman–Crippen MR) is 149 cm³/mol. The largest absolute Gasteiger partial charge is 0.496 e. The number of thioether (sulfide) groups is 1. The first-order valence-electron chi connectivity index (χ1n) is 12.9. The summed E-state index contributed by atoms with van der Waals surface area (Å²) in [6.45, 7) is 0.771. The van der Waals surface area contributed by atoms with E-state index in [2.05, 4.69) is 5.32 Å². The summed E-state index contributed by atoms with van der Waals surface area (Å²) >= 11 is 1.63. The van der Waals surface area contributed by atoms with Crippen LogP contribution in [0.2, 0.25) is 0 Å². The SMILES string of the molecule is COc1ccccc1CNC(=O)C1CCC2S/C(=C\c3ccccc3)C(=O)N(Cc3ccc(F)cc3)C2C1. The van der Waals surface area contributed by atoms with E-state index in [-0.39, 0.29) is 34.8 Å². The van der Waals surface area contributed by atoms with Crippen LogP contribution < -0.4 is 10.1 Å². The van der Waals surface area contributed by atoms with E-state index >= 15 is 0 Å². The van der Waals surface area contributed by atoms with Crippen LogP contribution in [0.15, 0.2) is 83.8 Å². The van der Waals surface area contributed by atoms with Gasteiger partial charge in [-0.3, -0.25) is 9.59 Å². The van der Waals surface area contributed by atoms with Crippen LogP contribution in [0.5, 0.6) is 5.75 Å². The molecule has 0 aromatic heterocycles. The third-order valence-corrected chi connectivity index (χ3v) is 8.68. The number of hydrogen-bond acceptors (Lipinski definition) is 4. The molecule has 196 valence electrons. The fraction of sp³-hybridized carbons (Fsp3) is 0.290. The molecule has 2 amide bonds. The summed E-state index contributed by atoms with van der Waals surface area (Å²) in [6, 6.07) is 23.7. The Hall–Kier alpha value is -3.58. The number of rotatable bonds is 7. The number of amides is 2. The zero-order valence-corrected chi connectivity index (χ0v) is 22.1. The molecule has 0 bridgehead atoms. The molecule has 38 heavy (non-hydrogen) atoms. The highest BCUT2D eigenvalue weighted by atomic mass is 32.2. The fourth-order valence-corrected chi connectivity index (χ4v) is 6.69. The Balaban J connectivity index is 1.34. The number of para-hydroxylation sites is 1. The lowest BCUT2D eigenvalue weighted by Crippen LogP contribution is -2.53. The molecule has 3 unspecified atom stereocenters. The Kier molecular flexibility index (Phi) is 8.13. The van der Waals surface area contributed by atoms with E-state index in [1.807, 2.05) is 65.6 Å². The molecule has 5 rings (SSSR count). The number of carbonyl (C=O) groups is 2. The van der Waals surface area contributed by atoms with Crippen molar-refractivity contribution in [1.29, 1.82) is 0 Å². The molecule has 5 nitrogen and oxygen atoms in total. The number of benzene rings is 3. The van der Waals surface area contributed by atoms with E-state index in [1.54, 1.807) is 31.0 Å². The molecule has 1 saturated carbocycles. The van der Waals surface area contributed by atoms with E-state index in [9.17, 15) is 14.0 Å². The minimum atomic E-state index is -0.304. The Morgan fingerprint density at radius 3 is 2.55 bits per heavy atom. The molecule has 7 heteroatoms. The van der Waals surface area contributed by atoms with E-state index < -0.39 is 0 Å². The molecule has 3 aromatic rings. The number of hydrogen-bond donors (Lipinski definition) is 1. The first-order valence-corrected chi connectivity index (χ1v) is 13.8. The van der Waals surface area contributed by atoms with Crippen molar-refractivity contribution in [3.05, 3.63) is 106 Å². The maximum atomic E-state index is 13.8. The van der Waals surface area contributed by atoms with Crippen LogP contribution in [0, 0.1) is 11.7 Å². The van der Waals surface area contributed by atoms with Gasteiger partial charge in [-0.1, -0.05) is 60.7 Å². The molecule has 0 spiro atoms. The smallest absolute Gasteiger partial charge is 0.260 e. The second kappa shape index (κ2) is 11.9. The summed E-state index contributed by atoms with van der Waals surface area (Å²) in [5, 5.41) is 3.28. The Labute approximate surface area is 227 Å². The lowest BCUT2D eigenvalue weighted by atomic mass is 9.83. The second-order valence-corrected chi connectivity index (χ2v) is 11.0. The van der Waals surface area contributed by atoms with Crippen LogP contribution >= 0.6 is 11.8 Å². The third-order valence-electron chi connectivity index (χ3n) is 7.29. The van der Waals surface area contributed by atoms with Crippen molar-refractivity contribution in [2.75, 3.05) is 7.11 Å². The minimum absolute atomic E-state index is 0.000776. The Morgan fingerprint density at radius 1 is 1.05 bits per heavy atom. The second-order valence-electron chi connectivity index (χ2n) is 9.74. The van der Waals surface area contributed by atoms with Crippen molar-refractivity contribution in [2.45, 2.75) is 43.6 Å². The van der Waals surface area contributed by atoms with E-state index in [4.69, 9.17) is 4.74 Å². The molecule has 1 saturated heterocycles. The van der Waals surface area contributed by atoms with Crippen molar-refractivity contribution in [3.63, 3.8) is 0 Å². The lowest BCUT2D eigenvalue weighted by Gasteiger charge is -2.46. The summed E-state index contributed by atoms with van der Waals surface area (Å²) in [7, 11) is 1.62. The summed E-state index contributed by atoms with van der Waals surface area (Å²) < 4.78 is 19.0. The monoisotopic (exact) mass is 530 g/mol. The summed E-state index contributed by atoms with van der Waals surface area (Å²) in [4.78, 5) is 29.6. The van der Waals surface area contributed by atoms with Crippen LogP contribution in [0.25, 0.3) is 6.08 Å². The first-order chi connectivity index (χ1) is 18.5. The number of methoxy groups -OCH3 is 1. The number of carbonyl (C=O) groups excluding carboxylic acids is 2. The van der Waals surface area contributed by atoms with Crippen molar-refractivity contribution < 1.29 is 18.7 Å². The van der Waals surface area contributed by atoms with E-state index in [0.717, 1.165) is 35.3 Å². The van der Waals surface area contributed by atoms with Crippen molar-refractivity contribution >= 4 is 29.7 Å². The van der Waals surface area contributed by atoms with Crippen LogP contribution in [0.1, 0.15) is 36.0 Å². The van der Waals surface area contributed by atoms with Crippen molar-refractivity contribution in [1.82, 2.24) is 10.2 Å². The summed E-state index contributed by atoms with van der Waals surface area (Å²) in [5.41, 5.74) is 2.77. The lowest BCUT2D eigenvalue weighted by molar-refractivity contribution is -0.133. The van der Waals surface area contributed by atoms with Crippen molar-refractivity contribution in [3.8, 4) is 5.75 Å². The minimum Gasteiger partial charge on any atom is -0.496 e. The fourth-order valence-electron chi connectivity index (χ4n) is 5.28. The van der Waals surface area contributed by atoms with Gasteiger partial charge in [-0.25, -0.2) is 4.39 Å². The highest BCUT2D eigenvalue weighted by molar-refractivity contribution is 8.04. The number of fused-ring (bicyclic) bond motifs is 1. The van der Waals surface area contributed by atoms with Gasteiger partial charge >= 0.3 is 0 Å². The van der Waals surface area contributed by atoms with Crippen molar-refractivity contribution in [2.24, 2.45) is 5.92 Å². The van der Waals surface area contributed by atoms with Gasteiger partial charge in [0, 0.05) is 35.9 Å². The van der Waals surface area contributed by atoms with Gasteiger partial charge in [0.1, 0.15) is 11.6 Å². The average Bonchev–Trinajstić information content (AvgIpc) is 2.95. The van der Waals surface area contributed by atoms with Gasteiger partial charge in [-0.05, 0) is 54.7 Å². The first kappa shape index (κ1) is 26.0. The standard InChI is InChI=1S/C31H31FN2O3S/c1-37-27-10-6-5-9-24(27)19-33-30(35)23-13-16-28-26(18-23)34(20-22-11-14-25(32)15-12-22)31(36)29(38-28)17-21-7-3-2-4-8-21/h2-12,14-15,17,23,26,28H,13,16,18-20H2,1H3,(H,33,35)/b29-17-. The van der Waals surface area contributed by atoms with Crippen LogP contribution in [0.3, 0.4) is 0 Å². The molecular formula is C31H31FN2O3S. The maximum absolute atomic E-state index is 13.8. The molecule has 1 heterocycles. The summed E-state index contributed by atoms with van der Waals surface area (Å²) in [5.74, 6) is 0.212. The van der Waals surface area contributed by atoms with Crippen LogP contribution in [-0.2, 0) is 22.7 Å². The molecule has 1 aliphatic heterocycles. The molecule has 2 aliphatic rings. The van der Waals surface area contributed by atoms with Gasteiger partial charge in [0.2, 0.25) is 5.91 Å². The number of nitrogens with one attached hydrogen (secondary N) is 1. The van der Waals surface area contributed by atoms with Gasteiger partial charge in [-0.2, -0.15) is 0 Å². The van der Waals surface area contributed by atoms with Gasteiger partial charge < -0.3 is 15.0 Å². The Bertz CT molecular complexity index is 1310. The van der Waals surface area contributed by atoms with E-state index in [0.29, 0.717) is 24.4 Å². The van der Waals surface area contributed by atoms with Gasteiger partial charge in [0.05, 0.1) is 12.0 Å². The zero-order valence-electron chi connectivity index (χ0n) is 21.3. The molecule has 1 N–H and O–H groups in total. The highest BCUT2D eigenvalue weighted by Gasteiger charge is 2.44. The topological polar surface area (TPSA) is 58.6 Å².